The van der Waals surface area contributed by atoms with Crippen molar-refractivity contribution in [2.45, 2.75) is 25.7 Å². The SMILES string of the molecule is CCN(CC)c1ccc(N=Nc2cc(Cl)c(S(=O)(=O)NCCS(=O)(=O)[O-])cc2Cl)c(C)c1.[K+].[Na+]. The third-order valence-corrected chi connectivity index (χ3v) is 7.44. The van der Waals surface area contributed by atoms with E-state index in [1.165, 1.54) is 6.07 Å². The van der Waals surface area contributed by atoms with Gasteiger partial charge in [0.15, 0.2) is 0 Å². The number of aryl methyl sites for hydroxylation is 1. The summed E-state index contributed by atoms with van der Waals surface area (Å²) in [5, 5.41) is 8.08. The van der Waals surface area contributed by atoms with Gasteiger partial charge in [0.05, 0.1) is 31.6 Å². The van der Waals surface area contributed by atoms with Gasteiger partial charge < -0.3 is 9.45 Å². The van der Waals surface area contributed by atoms with Crippen LogP contribution in [0.3, 0.4) is 0 Å². The van der Waals surface area contributed by atoms with E-state index in [2.05, 4.69) is 29.0 Å². The minimum absolute atomic E-state index is 0. The van der Waals surface area contributed by atoms with Crippen molar-refractivity contribution in [2.75, 3.05) is 30.3 Å². The van der Waals surface area contributed by atoms with Crippen molar-refractivity contribution in [3.05, 3.63) is 45.9 Å². The molecule has 0 aliphatic rings. The molecule has 0 saturated carbocycles. The van der Waals surface area contributed by atoms with Gasteiger partial charge in [-0.3, -0.25) is 0 Å². The molecule has 0 heterocycles. The number of nitrogens with zero attached hydrogens (tertiary/aromatic N) is 3. The summed E-state index contributed by atoms with van der Waals surface area (Å²) in [5.41, 5.74) is 2.74. The van der Waals surface area contributed by atoms with Crippen LogP contribution in [-0.4, -0.2) is 46.8 Å². The molecule has 2 rings (SSSR count). The van der Waals surface area contributed by atoms with Crippen LogP contribution < -0.4 is 90.6 Å². The van der Waals surface area contributed by atoms with Gasteiger partial charge in [0.2, 0.25) is 10.0 Å². The number of azo groups is 1. The Labute approximate surface area is 275 Å². The van der Waals surface area contributed by atoms with Gasteiger partial charge >= 0.3 is 80.9 Å². The minimum atomic E-state index is -4.57. The van der Waals surface area contributed by atoms with Crippen LogP contribution in [0, 0.1) is 6.92 Å². The first-order valence-corrected chi connectivity index (χ1v) is 13.4. The number of halogens is 2. The van der Waals surface area contributed by atoms with Gasteiger partial charge in [0.25, 0.3) is 0 Å². The van der Waals surface area contributed by atoms with Crippen molar-refractivity contribution >= 4 is 60.4 Å². The quantitative estimate of drug-likeness (QED) is 0.203. The Morgan fingerprint density at radius 1 is 0.971 bits per heavy atom. The topological polar surface area (TPSA) is 131 Å². The molecule has 0 spiro atoms. The number of anilines is 1. The molecule has 0 saturated heterocycles. The predicted molar refractivity (Wildman–Crippen MR) is 125 cm³/mol. The van der Waals surface area contributed by atoms with Gasteiger partial charge in [0, 0.05) is 25.3 Å². The average molecular weight is 585 g/mol. The Hall–Kier alpha value is 0.876. The van der Waals surface area contributed by atoms with Gasteiger partial charge in [-0.25, -0.2) is 21.6 Å². The third-order valence-electron chi connectivity index (χ3n) is 4.51. The molecule has 2 aromatic rings. The molecular weight excluding hydrogens is 561 g/mol. The van der Waals surface area contributed by atoms with Gasteiger partial charge in [-0.15, -0.1) is 5.11 Å². The molecule has 15 heteroatoms. The molecule has 0 aromatic heterocycles. The molecule has 0 amide bonds. The number of nitrogens with one attached hydrogen (secondary N) is 1. The molecule has 2 aromatic carbocycles. The van der Waals surface area contributed by atoms with E-state index in [9.17, 15) is 21.4 Å². The summed E-state index contributed by atoms with van der Waals surface area (Å²) in [6, 6.07) is 8.09. The van der Waals surface area contributed by atoms with Crippen LogP contribution >= 0.6 is 23.2 Å². The Balaban J connectivity index is 0.00000544. The first kappa shape index (κ1) is 34.9. The molecule has 34 heavy (non-hydrogen) atoms. The Morgan fingerprint density at radius 3 is 2.09 bits per heavy atom. The molecule has 0 radical (unpaired) electrons. The van der Waals surface area contributed by atoms with Crippen LogP contribution in [-0.2, 0) is 20.1 Å². The Kier molecular flexibility index (Phi) is 15.7. The Bertz CT molecular complexity index is 1230. The molecular formula is C19H23Cl2KN4NaO5S2+. The summed E-state index contributed by atoms with van der Waals surface area (Å²) in [6.45, 7) is 7.21. The van der Waals surface area contributed by atoms with Gasteiger partial charge in [-0.1, -0.05) is 23.2 Å². The van der Waals surface area contributed by atoms with Gasteiger partial charge in [-0.05, 0) is 56.7 Å². The standard InChI is InChI=1S/C19H24Cl2N4O5S2.K.Na/c1-4-25(5-2)14-6-7-17(13(3)10-14)23-24-18-11-16(21)19(12-15(18)20)32(29,30)22-8-9-31(26,27)28;;/h6-7,10-12,22H,4-5,8-9H2,1-3H3,(H,26,27,28);;/q;2*+1/p-1. The maximum Gasteiger partial charge on any atom is 1.00 e. The monoisotopic (exact) mass is 583 g/mol. The zero-order valence-electron chi connectivity index (χ0n) is 19.7. The fourth-order valence-electron chi connectivity index (χ4n) is 2.82. The number of sulfonamides is 1. The smallest absolute Gasteiger partial charge is 0.748 e. The fourth-order valence-corrected chi connectivity index (χ4v) is 5.15. The molecule has 0 aliphatic heterocycles. The van der Waals surface area contributed by atoms with E-state index in [0.29, 0.717) is 5.69 Å². The van der Waals surface area contributed by atoms with E-state index in [4.69, 9.17) is 23.2 Å². The van der Waals surface area contributed by atoms with Crippen LogP contribution in [0.1, 0.15) is 19.4 Å². The number of hydrogen-bond acceptors (Lipinski definition) is 8. The van der Waals surface area contributed by atoms with E-state index < -0.39 is 32.4 Å². The third kappa shape index (κ3) is 10.3. The number of benzene rings is 2. The van der Waals surface area contributed by atoms with Crippen LogP contribution in [0.15, 0.2) is 45.5 Å². The van der Waals surface area contributed by atoms with Crippen molar-refractivity contribution in [1.29, 1.82) is 0 Å². The number of hydrogen-bond donors (Lipinski definition) is 1. The van der Waals surface area contributed by atoms with Crippen molar-refractivity contribution in [2.24, 2.45) is 10.2 Å². The fraction of sp³-hybridized carbons (Fsp3) is 0.368. The van der Waals surface area contributed by atoms with E-state index >= 15 is 0 Å². The van der Waals surface area contributed by atoms with E-state index in [1.807, 2.05) is 29.8 Å². The van der Waals surface area contributed by atoms with Crippen molar-refractivity contribution in [3.8, 4) is 0 Å². The zero-order chi connectivity index (χ0) is 24.1. The van der Waals surface area contributed by atoms with Crippen LogP contribution in [0.5, 0.6) is 0 Å². The second-order valence-corrected chi connectivity index (χ2v) is 10.8. The second kappa shape index (κ2) is 15.3. The molecule has 0 unspecified atom stereocenters. The second-order valence-electron chi connectivity index (χ2n) is 6.74. The van der Waals surface area contributed by atoms with Gasteiger partial charge in [0.1, 0.15) is 10.6 Å². The average Bonchev–Trinajstić information content (AvgIpc) is 2.69. The normalized spacial score (nSPS) is 11.7. The summed E-state index contributed by atoms with van der Waals surface area (Å²) < 4.78 is 58.7. The first-order chi connectivity index (χ1) is 14.9. The predicted octanol–water partition coefficient (Wildman–Crippen LogP) is -1.61. The number of rotatable bonds is 10. The summed E-state index contributed by atoms with van der Waals surface area (Å²) in [6.07, 6.45) is 0. The zero-order valence-corrected chi connectivity index (χ0v) is 27.9. The van der Waals surface area contributed by atoms with Crippen LogP contribution in [0.4, 0.5) is 17.1 Å². The van der Waals surface area contributed by atoms with E-state index in [-0.39, 0.29) is 102 Å². The molecule has 0 fully saturated rings. The minimum Gasteiger partial charge on any atom is -0.748 e. The Morgan fingerprint density at radius 2 is 1.56 bits per heavy atom. The van der Waals surface area contributed by atoms with Crippen molar-refractivity contribution < 1.29 is 102 Å². The summed E-state index contributed by atoms with van der Waals surface area (Å²) >= 11 is 12.3. The first-order valence-electron chi connectivity index (χ1n) is 9.57. The molecule has 1 N–H and O–H groups in total. The van der Waals surface area contributed by atoms with Crippen molar-refractivity contribution in [3.63, 3.8) is 0 Å². The molecule has 0 atom stereocenters. The summed E-state index contributed by atoms with van der Waals surface area (Å²) in [7, 11) is -8.76. The molecule has 0 aliphatic carbocycles. The molecule has 176 valence electrons. The van der Waals surface area contributed by atoms with Gasteiger partial charge in [-0.2, -0.15) is 5.11 Å². The van der Waals surface area contributed by atoms with Crippen molar-refractivity contribution in [1.82, 2.24) is 4.72 Å². The maximum atomic E-state index is 12.4. The summed E-state index contributed by atoms with van der Waals surface area (Å²) in [5.74, 6) is -0.893. The maximum absolute atomic E-state index is 12.4. The summed E-state index contributed by atoms with van der Waals surface area (Å²) in [4.78, 5) is 1.83. The van der Waals surface area contributed by atoms with E-state index in [1.54, 1.807) is 0 Å². The van der Waals surface area contributed by atoms with E-state index in [0.717, 1.165) is 30.4 Å². The molecule has 9 nitrogen and oxygen atoms in total. The molecule has 0 bridgehead atoms. The van der Waals surface area contributed by atoms with Crippen LogP contribution in [0.25, 0.3) is 0 Å². The van der Waals surface area contributed by atoms with Crippen LogP contribution in [0.2, 0.25) is 10.0 Å². The largest absolute Gasteiger partial charge is 1.00 e.